The van der Waals surface area contributed by atoms with Crippen molar-refractivity contribution in [2.45, 2.75) is 25.3 Å². The van der Waals surface area contributed by atoms with Gasteiger partial charge in [-0.25, -0.2) is 9.80 Å². The quantitative estimate of drug-likeness (QED) is 0.368. The van der Waals surface area contributed by atoms with E-state index in [1.807, 2.05) is 54.6 Å². The second kappa shape index (κ2) is 12.1. The van der Waals surface area contributed by atoms with Crippen molar-refractivity contribution in [1.82, 2.24) is 5.01 Å². The molecular weight excluding hydrogens is 506 g/mol. The third-order valence-electron chi connectivity index (χ3n) is 7.41. The molecule has 1 amide bonds. The summed E-state index contributed by atoms with van der Waals surface area (Å²) in [5, 5.41) is 9.37. The lowest BCUT2D eigenvalue weighted by molar-refractivity contribution is -0.137. The van der Waals surface area contributed by atoms with Gasteiger partial charge in [0.1, 0.15) is 11.5 Å². The fourth-order valence-corrected chi connectivity index (χ4v) is 5.39. The summed E-state index contributed by atoms with van der Waals surface area (Å²) in [5.41, 5.74) is 5.02. The number of benzene rings is 3. The van der Waals surface area contributed by atoms with Crippen LogP contribution < -0.4 is 14.8 Å². The van der Waals surface area contributed by atoms with Gasteiger partial charge in [0.25, 0.3) is 5.91 Å². The molecule has 8 nitrogen and oxygen atoms in total. The van der Waals surface area contributed by atoms with Gasteiger partial charge in [-0.1, -0.05) is 36.4 Å². The average Bonchev–Trinajstić information content (AvgIpc) is 3.41. The largest absolute Gasteiger partial charge is 0.497 e. The summed E-state index contributed by atoms with van der Waals surface area (Å²) in [7, 11) is 5.00. The molecule has 40 heavy (non-hydrogen) atoms. The number of ether oxygens (including phenoxy) is 3. The molecular formula is C32H33N3O5. The number of para-hydroxylation sites is 1. The van der Waals surface area contributed by atoms with Gasteiger partial charge in [0.05, 0.1) is 31.5 Å². The highest BCUT2D eigenvalue weighted by molar-refractivity contribution is 6.08. The molecule has 1 aliphatic heterocycles. The average molecular weight is 540 g/mol. The predicted molar refractivity (Wildman–Crippen MR) is 155 cm³/mol. The Morgan fingerprint density at radius 1 is 0.975 bits per heavy atom. The smallest absolute Gasteiger partial charge is 0.340 e. The fourth-order valence-electron chi connectivity index (χ4n) is 5.39. The standard InChI is InChI=1S/C32H33N3O5/c1-33-28-10-5-4-8-26(28)32(37)40-20-29(36)35-31(22-13-17-25(39-3)18-14-22)27-9-6-7-23(30(27)34-35)19-21-11-15-24(38-2)16-12-21/h4-5,8,10-19,27,31,33H,6-7,9,20H2,1-3H3. The Hall–Kier alpha value is -4.59. The summed E-state index contributed by atoms with van der Waals surface area (Å²) < 4.78 is 16.1. The molecule has 0 aromatic heterocycles. The number of methoxy groups -OCH3 is 2. The van der Waals surface area contributed by atoms with Crippen molar-refractivity contribution in [3.8, 4) is 11.5 Å². The lowest BCUT2D eigenvalue weighted by Crippen LogP contribution is -2.34. The van der Waals surface area contributed by atoms with E-state index in [-0.39, 0.29) is 17.9 Å². The van der Waals surface area contributed by atoms with Crippen LogP contribution in [0, 0.1) is 5.92 Å². The number of nitrogens with zero attached hydrogens (tertiary/aromatic N) is 2. The molecule has 3 aromatic rings. The molecule has 1 heterocycles. The van der Waals surface area contributed by atoms with E-state index in [0.717, 1.165) is 53.2 Å². The first-order chi connectivity index (χ1) is 19.5. The van der Waals surface area contributed by atoms with Crippen molar-refractivity contribution in [1.29, 1.82) is 0 Å². The van der Waals surface area contributed by atoms with E-state index in [0.29, 0.717) is 11.3 Å². The van der Waals surface area contributed by atoms with E-state index in [2.05, 4.69) is 11.4 Å². The van der Waals surface area contributed by atoms with Gasteiger partial charge in [-0.2, -0.15) is 5.10 Å². The lowest BCUT2D eigenvalue weighted by atomic mass is 9.77. The number of rotatable bonds is 8. The van der Waals surface area contributed by atoms with E-state index in [9.17, 15) is 9.59 Å². The summed E-state index contributed by atoms with van der Waals surface area (Å²) in [6.45, 7) is -0.412. The highest BCUT2D eigenvalue weighted by atomic mass is 16.5. The van der Waals surface area contributed by atoms with Crippen molar-refractivity contribution in [2.75, 3.05) is 33.2 Å². The number of fused-ring (bicyclic) bond motifs is 1. The van der Waals surface area contributed by atoms with Crippen LogP contribution in [0.15, 0.2) is 83.5 Å². The molecule has 1 aliphatic carbocycles. The van der Waals surface area contributed by atoms with Crippen molar-refractivity contribution in [3.05, 3.63) is 95.1 Å². The fraction of sp³-hybridized carbons (Fsp3) is 0.281. The van der Waals surface area contributed by atoms with Gasteiger partial charge in [-0.15, -0.1) is 0 Å². The number of carbonyl (C=O) groups is 2. The maximum atomic E-state index is 13.6. The van der Waals surface area contributed by atoms with Gasteiger partial charge in [0.15, 0.2) is 6.61 Å². The third kappa shape index (κ3) is 5.57. The Labute approximate surface area is 234 Å². The van der Waals surface area contributed by atoms with E-state index in [1.165, 1.54) is 5.01 Å². The molecule has 0 spiro atoms. The summed E-state index contributed by atoms with van der Waals surface area (Å²) in [5.74, 6) is 0.619. The van der Waals surface area contributed by atoms with Crippen LogP contribution in [0.3, 0.4) is 0 Å². The molecule has 5 rings (SSSR count). The first-order valence-corrected chi connectivity index (χ1v) is 13.4. The number of hydrazone groups is 1. The molecule has 2 unspecified atom stereocenters. The molecule has 8 heteroatoms. The number of allylic oxidation sites excluding steroid dienone is 1. The maximum Gasteiger partial charge on any atom is 0.340 e. The second-order valence-electron chi connectivity index (χ2n) is 9.75. The van der Waals surface area contributed by atoms with Crippen molar-refractivity contribution < 1.29 is 23.8 Å². The van der Waals surface area contributed by atoms with Crippen LogP contribution in [-0.2, 0) is 9.53 Å². The molecule has 1 N–H and O–H groups in total. The van der Waals surface area contributed by atoms with E-state index >= 15 is 0 Å². The SMILES string of the molecule is CNc1ccccc1C(=O)OCC(=O)N1N=C2C(=Cc3ccc(OC)cc3)CCCC2C1c1ccc(OC)cc1. The van der Waals surface area contributed by atoms with Gasteiger partial charge in [-0.05, 0) is 78.4 Å². The Balaban J connectivity index is 1.43. The molecule has 1 saturated carbocycles. The zero-order chi connectivity index (χ0) is 28.1. The van der Waals surface area contributed by atoms with Gasteiger partial charge >= 0.3 is 5.97 Å². The lowest BCUT2D eigenvalue weighted by Gasteiger charge is -2.29. The van der Waals surface area contributed by atoms with Crippen LogP contribution in [0.5, 0.6) is 11.5 Å². The zero-order valence-corrected chi connectivity index (χ0v) is 22.9. The van der Waals surface area contributed by atoms with Crippen LogP contribution in [-0.4, -0.2) is 50.5 Å². The third-order valence-corrected chi connectivity index (χ3v) is 7.41. The summed E-state index contributed by atoms with van der Waals surface area (Å²) >= 11 is 0. The zero-order valence-electron chi connectivity index (χ0n) is 22.9. The minimum atomic E-state index is -0.566. The van der Waals surface area contributed by atoms with Crippen LogP contribution in [0.25, 0.3) is 6.08 Å². The molecule has 2 atom stereocenters. The van der Waals surface area contributed by atoms with Gasteiger partial charge < -0.3 is 19.5 Å². The molecule has 2 aliphatic rings. The predicted octanol–water partition coefficient (Wildman–Crippen LogP) is 5.73. The van der Waals surface area contributed by atoms with Gasteiger partial charge in [0.2, 0.25) is 0 Å². The Morgan fingerprint density at radius 2 is 1.65 bits per heavy atom. The van der Waals surface area contributed by atoms with Crippen LogP contribution in [0.4, 0.5) is 5.69 Å². The highest BCUT2D eigenvalue weighted by Crippen LogP contribution is 2.44. The van der Waals surface area contributed by atoms with Crippen LogP contribution >= 0.6 is 0 Å². The number of amides is 1. The molecule has 0 radical (unpaired) electrons. The van der Waals surface area contributed by atoms with Gasteiger partial charge in [-0.3, -0.25) is 4.79 Å². The molecule has 3 aromatic carbocycles. The number of anilines is 1. The molecule has 0 bridgehead atoms. The maximum absolute atomic E-state index is 13.6. The highest BCUT2D eigenvalue weighted by Gasteiger charge is 2.44. The van der Waals surface area contributed by atoms with Gasteiger partial charge in [0, 0.05) is 18.7 Å². The molecule has 1 fully saturated rings. The second-order valence-corrected chi connectivity index (χ2v) is 9.75. The monoisotopic (exact) mass is 539 g/mol. The summed E-state index contributed by atoms with van der Waals surface area (Å²) in [6.07, 6.45) is 4.89. The number of esters is 1. The minimum Gasteiger partial charge on any atom is -0.497 e. The van der Waals surface area contributed by atoms with Crippen LogP contribution in [0.1, 0.15) is 46.8 Å². The summed E-state index contributed by atoms with van der Waals surface area (Å²) in [6, 6.07) is 22.3. The van der Waals surface area contributed by atoms with E-state index in [1.54, 1.807) is 39.5 Å². The number of nitrogens with one attached hydrogen (secondary N) is 1. The van der Waals surface area contributed by atoms with E-state index in [4.69, 9.17) is 19.3 Å². The Kier molecular flexibility index (Phi) is 8.15. The number of hydrogen-bond acceptors (Lipinski definition) is 7. The first kappa shape index (κ1) is 27.0. The molecule has 0 saturated heterocycles. The first-order valence-electron chi connectivity index (χ1n) is 13.4. The Morgan fingerprint density at radius 3 is 2.33 bits per heavy atom. The number of hydrogen-bond donors (Lipinski definition) is 1. The minimum absolute atomic E-state index is 0.0244. The Bertz CT molecular complexity index is 1430. The summed E-state index contributed by atoms with van der Waals surface area (Å²) in [4.78, 5) is 26.4. The normalized spacial score (nSPS) is 19.0. The van der Waals surface area contributed by atoms with E-state index < -0.39 is 12.6 Å². The molecule has 206 valence electrons. The number of carbonyl (C=O) groups excluding carboxylic acids is 2. The van der Waals surface area contributed by atoms with Crippen molar-refractivity contribution in [2.24, 2.45) is 11.0 Å². The van der Waals surface area contributed by atoms with Crippen LogP contribution in [0.2, 0.25) is 0 Å². The van der Waals surface area contributed by atoms with Crippen molar-refractivity contribution >= 4 is 29.4 Å². The topological polar surface area (TPSA) is 89.5 Å². The van der Waals surface area contributed by atoms with Crippen molar-refractivity contribution in [3.63, 3.8) is 0 Å².